The summed E-state index contributed by atoms with van der Waals surface area (Å²) in [5.74, 6) is 1.62. The molecule has 4 heteroatoms. The van der Waals surface area contributed by atoms with E-state index < -0.39 is 5.97 Å². The highest BCUT2D eigenvalue weighted by Crippen LogP contribution is 2.32. The summed E-state index contributed by atoms with van der Waals surface area (Å²) in [7, 11) is 1.65. The summed E-state index contributed by atoms with van der Waals surface area (Å²) in [6.07, 6.45) is 0.662. The molecule has 0 heterocycles. The van der Waals surface area contributed by atoms with Crippen molar-refractivity contribution in [1.82, 2.24) is 0 Å². The number of aliphatic carboxylic acids is 1. The first-order chi connectivity index (χ1) is 10.9. The molecule has 0 fully saturated rings. The SMILES string of the molecule is COc1ccc(Oc2c(C)cc(CCC(=O)O)cc2C)cc1C. The Kier molecular flexibility index (Phi) is 5.27. The Morgan fingerprint density at radius 2 is 1.70 bits per heavy atom. The number of carboxylic acids is 1. The number of aryl methyl sites for hydroxylation is 4. The lowest BCUT2D eigenvalue weighted by Gasteiger charge is -2.15. The van der Waals surface area contributed by atoms with E-state index in [1.165, 1.54) is 0 Å². The zero-order chi connectivity index (χ0) is 17.0. The average Bonchev–Trinajstić information content (AvgIpc) is 2.49. The van der Waals surface area contributed by atoms with Crippen molar-refractivity contribution in [2.45, 2.75) is 33.6 Å². The maximum atomic E-state index is 10.7. The molecule has 0 saturated carbocycles. The summed E-state index contributed by atoms with van der Waals surface area (Å²) in [4.78, 5) is 10.7. The molecule has 2 rings (SSSR count). The molecular weight excluding hydrogens is 292 g/mol. The first-order valence-electron chi connectivity index (χ1n) is 7.55. The van der Waals surface area contributed by atoms with Gasteiger partial charge in [-0.05, 0) is 67.6 Å². The quantitative estimate of drug-likeness (QED) is 0.857. The molecule has 0 aliphatic rings. The van der Waals surface area contributed by atoms with E-state index in [2.05, 4.69) is 0 Å². The summed E-state index contributed by atoms with van der Waals surface area (Å²) in [6.45, 7) is 5.92. The molecule has 0 atom stereocenters. The fraction of sp³-hybridized carbons (Fsp3) is 0.316. The molecule has 0 aliphatic carbocycles. The predicted molar refractivity (Wildman–Crippen MR) is 89.7 cm³/mol. The Bertz CT molecular complexity index is 696. The summed E-state index contributed by atoms with van der Waals surface area (Å²) in [6, 6.07) is 9.68. The molecule has 2 aromatic carbocycles. The van der Waals surface area contributed by atoms with Crippen LogP contribution in [-0.2, 0) is 11.2 Å². The van der Waals surface area contributed by atoms with Gasteiger partial charge >= 0.3 is 5.97 Å². The predicted octanol–water partition coefficient (Wildman–Crippen LogP) is 4.43. The molecule has 1 N–H and O–H groups in total. The normalized spacial score (nSPS) is 10.4. The van der Waals surface area contributed by atoms with Crippen molar-refractivity contribution < 1.29 is 19.4 Å². The number of hydrogen-bond acceptors (Lipinski definition) is 3. The molecule has 0 aromatic heterocycles. The van der Waals surface area contributed by atoms with Crippen LogP contribution in [0.1, 0.15) is 28.7 Å². The van der Waals surface area contributed by atoms with E-state index in [1.807, 2.05) is 51.1 Å². The molecule has 4 nitrogen and oxygen atoms in total. The van der Waals surface area contributed by atoms with Crippen molar-refractivity contribution in [1.29, 1.82) is 0 Å². The molecule has 0 radical (unpaired) electrons. The number of carbonyl (C=O) groups is 1. The second kappa shape index (κ2) is 7.18. The van der Waals surface area contributed by atoms with Gasteiger partial charge in [-0.2, -0.15) is 0 Å². The number of benzene rings is 2. The van der Waals surface area contributed by atoms with Gasteiger partial charge in [0.1, 0.15) is 17.2 Å². The number of rotatable bonds is 6. The molecule has 0 unspecified atom stereocenters. The minimum atomic E-state index is -0.783. The molecule has 0 bridgehead atoms. The van der Waals surface area contributed by atoms with Crippen LogP contribution in [-0.4, -0.2) is 18.2 Å². The van der Waals surface area contributed by atoms with Gasteiger partial charge in [-0.15, -0.1) is 0 Å². The van der Waals surface area contributed by atoms with E-state index in [0.717, 1.165) is 39.5 Å². The van der Waals surface area contributed by atoms with E-state index in [-0.39, 0.29) is 6.42 Å². The molecule has 0 aliphatic heterocycles. The van der Waals surface area contributed by atoms with Gasteiger partial charge in [0.25, 0.3) is 0 Å². The highest BCUT2D eigenvalue weighted by atomic mass is 16.5. The van der Waals surface area contributed by atoms with Crippen LogP contribution in [0.25, 0.3) is 0 Å². The second-order valence-electron chi connectivity index (χ2n) is 5.69. The minimum absolute atomic E-state index is 0.136. The third kappa shape index (κ3) is 4.25. The Morgan fingerprint density at radius 1 is 1.04 bits per heavy atom. The average molecular weight is 314 g/mol. The van der Waals surface area contributed by atoms with E-state index in [0.29, 0.717) is 6.42 Å². The monoisotopic (exact) mass is 314 g/mol. The summed E-state index contributed by atoms with van der Waals surface area (Å²) >= 11 is 0. The van der Waals surface area contributed by atoms with Gasteiger partial charge in [0.05, 0.1) is 7.11 Å². The summed E-state index contributed by atoms with van der Waals surface area (Å²) in [5.41, 5.74) is 4.02. The van der Waals surface area contributed by atoms with Crippen molar-refractivity contribution in [3.8, 4) is 17.2 Å². The van der Waals surface area contributed by atoms with Crippen LogP contribution in [0.15, 0.2) is 30.3 Å². The number of methoxy groups -OCH3 is 1. The van der Waals surface area contributed by atoms with Crippen LogP contribution in [0.3, 0.4) is 0 Å². The van der Waals surface area contributed by atoms with Crippen LogP contribution >= 0.6 is 0 Å². The van der Waals surface area contributed by atoms with Gasteiger partial charge in [0.15, 0.2) is 0 Å². The Hall–Kier alpha value is -2.49. The zero-order valence-electron chi connectivity index (χ0n) is 14.0. The lowest BCUT2D eigenvalue weighted by Crippen LogP contribution is -1.99. The third-order valence-corrected chi connectivity index (χ3v) is 3.73. The van der Waals surface area contributed by atoms with E-state index >= 15 is 0 Å². The van der Waals surface area contributed by atoms with E-state index in [1.54, 1.807) is 7.11 Å². The summed E-state index contributed by atoms with van der Waals surface area (Å²) in [5, 5.41) is 8.80. The number of hydrogen-bond donors (Lipinski definition) is 1. The molecular formula is C19H22O4. The van der Waals surface area contributed by atoms with Crippen molar-refractivity contribution in [2.24, 2.45) is 0 Å². The van der Waals surface area contributed by atoms with Gasteiger partial charge in [-0.25, -0.2) is 0 Å². The van der Waals surface area contributed by atoms with Crippen LogP contribution in [0.4, 0.5) is 0 Å². The van der Waals surface area contributed by atoms with Crippen molar-refractivity contribution in [3.63, 3.8) is 0 Å². The maximum Gasteiger partial charge on any atom is 0.303 e. The van der Waals surface area contributed by atoms with Crippen LogP contribution < -0.4 is 9.47 Å². The smallest absolute Gasteiger partial charge is 0.303 e. The standard InChI is InChI=1S/C19H22O4/c1-12-11-16(6-7-17(12)22-4)23-19-13(2)9-15(10-14(19)3)5-8-18(20)21/h6-7,9-11H,5,8H2,1-4H3,(H,20,21). The third-order valence-electron chi connectivity index (χ3n) is 3.73. The fourth-order valence-electron chi connectivity index (χ4n) is 2.63. The summed E-state index contributed by atoms with van der Waals surface area (Å²) < 4.78 is 11.3. The highest BCUT2D eigenvalue weighted by molar-refractivity contribution is 5.67. The first-order valence-corrected chi connectivity index (χ1v) is 7.55. The molecule has 0 amide bonds. The minimum Gasteiger partial charge on any atom is -0.496 e. The van der Waals surface area contributed by atoms with E-state index in [4.69, 9.17) is 14.6 Å². The number of ether oxygens (including phenoxy) is 2. The van der Waals surface area contributed by atoms with Gasteiger partial charge in [-0.1, -0.05) is 12.1 Å². The van der Waals surface area contributed by atoms with Gasteiger partial charge in [-0.3, -0.25) is 4.79 Å². The van der Waals surface area contributed by atoms with Crippen LogP contribution in [0.2, 0.25) is 0 Å². The van der Waals surface area contributed by atoms with Gasteiger partial charge in [0, 0.05) is 6.42 Å². The Morgan fingerprint density at radius 3 is 2.22 bits per heavy atom. The van der Waals surface area contributed by atoms with Crippen molar-refractivity contribution in [2.75, 3.05) is 7.11 Å². The number of carboxylic acid groups (broad SMARTS) is 1. The lowest BCUT2D eigenvalue weighted by molar-refractivity contribution is -0.136. The maximum absolute atomic E-state index is 10.7. The van der Waals surface area contributed by atoms with Crippen molar-refractivity contribution >= 4 is 5.97 Å². The molecule has 0 saturated heterocycles. The van der Waals surface area contributed by atoms with Crippen LogP contribution in [0.5, 0.6) is 17.2 Å². The molecule has 0 spiro atoms. The largest absolute Gasteiger partial charge is 0.496 e. The lowest BCUT2D eigenvalue weighted by atomic mass is 10.0. The topological polar surface area (TPSA) is 55.8 Å². The molecule has 122 valence electrons. The van der Waals surface area contributed by atoms with E-state index in [9.17, 15) is 4.79 Å². The highest BCUT2D eigenvalue weighted by Gasteiger charge is 2.10. The fourth-order valence-corrected chi connectivity index (χ4v) is 2.63. The molecule has 2 aromatic rings. The first kappa shape index (κ1) is 16.9. The van der Waals surface area contributed by atoms with Gasteiger partial charge in [0.2, 0.25) is 0 Å². The Balaban J connectivity index is 2.23. The Labute approximate surface area is 136 Å². The zero-order valence-corrected chi connectivity index (χ0v) is 14.0. The van der Waals surface area contributed by atoms with Crippen molar-refractivity contribution in [3.05, 3.63) is 52.6 Å². The van der Waals surface area contributed by atoms with Gasteiger partial charge < -0.3 is 14.6 Å². The molecule has 23 heavy (non-hydrogen) atoms. The second-order valence-corrected chi connectivity index (χ2v) is 5.69. The van der Waals surface area contributed by atoms with Crippen LogP contribution in [0, 0.1) is 20.8 Å².